The van der Waals surface area contributed by atoms with Crippen molar-refractivity contribution < 1.29 is 14.3 Å². The lowest BCUT2D eigenvalue weighted by Crippen LogP contribution is -2.44. The number of anilines is 2. The summed E-state index contributed by atoms with van der Waals surface area (Å²) in [5, 5.41) is 5.61. The van der Waals surface area contributed by atoms with Gasteiger partial charge in [-0.1, -0.05) is 0 Å². The van der Waals surface area contributed by atoms with E-state index >= 15 is 0 Å². The molecule has 1 aromatic carbocycles. The molecule has 0 aromatic heterocycles. The molecule has 1 atom stereocenters. The molecule has 1 heterocycles. The summed E-state index contributed by atoms with van der Waals surface area (Å²) in [6, 6.07) is 6.70. The number of ether oxygens (including phenoxy) is 1. The van der Waals surface area contributed by atoms with Crippen LogP contribution in [0.4, 0.5) is 11.4 Å². The molecule has 1 aliphatic heterocycles. The third-order valence-corrected chi connectivity index (χ3v) is 3.33. The zero-order chi connectivity index (χ0) is 15.2. The van der Waals surface area contributed by atoms with Gasteiger partial charge >= 0.3 is 0 Å². The summed E-state index contributed by atoms with van der Waals surface area (Å²) in [4.78, 5) is 25.3. The normalized spacial score (nSPS) is 16.7. The van der Waals surface area contributed by atoms with Crippen molar-refractivity contribution in [2.24, 2.45) is 5.73 Å². The van der Waals surface area contributed by atoms with Crippen LogP contribution >= 0.6 is 0 Å². The number of rotatable bonds is 5. The van der Waals surface area contributed by atoms with Gasteiger partial charge in [-0.2, -0.15) is 0 Å². The molecule has 0 unspecified atom stereocenters. The first-order chi connectivity index (χ1) is 10.2. The van der Waals surface area contributed by atoms with E-state index < -0.39 is 6.04 Å². The van der Waals surface area contributed by atoms with Crippen LogP contribution in [0.1, 0.15) is 0 Å². The molecule has 7 nitrogen and oxygen atoms in total. The van der Waals surface area contributed by atoms with E-state index in [9.17, 15) is 9.59 Å². The molecule has 2 rings (SSSR count). The van der Waals surface area contributed by atoms with Crippen molar-refractivity contribution >= 4 is 23.2 Å². The van der Waals surface area contributed by atoms with Gasteiger partial charge in [-0.05, 0) is 31.3 Å². The van der Waals surface area contributed by atoms with Crippen molar-refractivity contribution in [3.63, 3.8) is 0 Å². The maximum absolute atomic E-state index is 11.9. The zero-order valence-corrected chi connectivity index (χ0v) is 12.0. The highest BCUT2D eigenvalue weighted by atomic mass is 16.5. The number of nitrogens with zero attached hydrogens (tertiary/aromatic N) is 1. The fourth-order valence-electron chi connectivity index (χ4n) is 2.10. The molecule has 7 heteroatoms. The lowest BCUT2D eigenvalue weighted by Gasteiger charge is -2.27. The molecule has 1 aliphatic rings. The summed E-state index contributed by atoms with van der Waals surface area (Å²) in [5.74, 6) is -0.244. The molecule has 1 saturated heterocycles. The van der Waals surface area contributed by atoms with E-state index in [0.717, 1.165) is 5.69 Å². The van der Waals surface area contributed by atoms with Gasteiger partial charge in [0.15, 0.2) is 0 Å². The average Bonchev–Trinajstić information content (AvgIpc) is 2.50. The van der Waals surface area contributed by atoms with Crippen molar-refractivity contribution in [1.82, 2.24) is 5.32 Å². The first-order valence-electron chi connectivity index (χ1n) is 6.82. The number of amides is 2. The van der Waals surface area contributed by atoms with Crippen molar-refractivity contribution in [3.8, 4) is 0 Å². The van der Waals surface area contributed by atoms with E-state index in [1.165, 1.54) is 0 Å². The smallest absolute Gasteiger partial charge is 0.253 e. The van der Waals surface area contributed by atoms with E-state index in [2.05, 4.69) is 10.6 Å². The quantitative estimate of drug-likeness (QED) is 0.682. The second kappa shape index (κ2) is 7.16. The second-order valence-electron chi connectivity index (χ2n) is 4.71. The summed E-state index contributed by atoms with van der Waals surface area (Å²) >= 11 is 0. The van der Waals surface area contributed by atoms with Gasteiger partial charge in [0.1, 0.15) is 6.61 Å². The van der Waals surface area contributed by atoms with Crippen LogP contribution in [0, 0.1) is 0 Å². The number of nitrogens with one attached hydrogen (secondary N) is 2. The minimum atomic E-state index is -0.425. The van der Waals surface area contributed by atoms with E-state index in [1.807, 2.05) is 0 Å². The number of hydrogen-bond donors (Lipinski definition) is 3. The Morgan fingerprint density at radius 1 is 1.43 bits per heavy atom. The number of likely N-dealkylation sites (N-methyl/N-ethyl adjacent to an activating group) is 1. The number of nitrogens with two attached hydrogens (primary N) is 1. The third kappa shape index (κ3) is 3.78. The topological polar surface area (TPSA) is 96.7 Å². The van der Waals surface area contributed by atoms with Gasteiger partial charge in [-0.15, -0.1) is 0 Å². The Bertz CT molecular complexity index is 499. The van der Waals surface area contributed by atoms with Gasteiger partial charge in [-0.3, -0.25) is 9.59 Å². The van der Waals surface area contributed by atoms with Crippen LogP contribution in [-0.2, 0) is 14.3 Å². The molecule has 0 bridgehead atoms. The molecule has 0 saturated carbocycles. The standard InChI is InChI=1S/C14H20N4O3/c1-16-12(8-15)14(20)17-10-2-4-11(5-3-10)18-6-7-21-9-13(18)19/h2-5,12,16H,6-9,15H2,1H3,(H,17,20)/t12-/m0/s1. The van der Waals surface area contributed by atoms with Crippen LogP contribution in [0.3, 0.4) is 0 Å². The number of hydrogen-bond acceptors (Lipinski definition) is 5. The van der Waals surface area contributed by atoms with Gasteiger partial charge in [0.05, 0.1) is 12.6 Å². The zero-order valence-electron chi connectivity index (χ0n) is 12.0. The number of carbonyl (C=O) groups excluding carboxylic acids is 2. The van der Waals surface area contributed by atoms with Gasteiger partial charge in [0.2, 0.25) is 5.91 Å². The average molecular weight is 292 g/mol. The Kier molecular flexibility index (Phi) is 5.26. The van der Waals surface area contributed by atoms with Crippen LogP contribution < -0.4 is 21.3 Å². The van der Waals surface area contributed by atoms with Crippen LogP contribution in [0.5, 0.6) is 0 Å². The fourth-order valence-corrected chi connectivity index (χ4v) is 2.10. The summed E-state index contributed by atoms with van der Waals surface area (Å²) in [6.07, 6.45) is 0. The van der Waals surface area contributed by atoms with E-state index in [0.29, 0.717) is 18.8 Å². The number of carbonyl (C=O) groups is 2. The molecule has 0 spiro atoms. The monoisotopic (exact) mass is 292 g/mol. The predicted molar refractivity (Wildman–Crippen MR) is 80.1 cm³/mol. The lowest BCUT2D eigenvalue weighted by molar-refractivity contribution is -0.125. The highest BCUT2D eigenvalue weighted by Gasteiger charge is 2.20. The number of benzene rings is 1. The van der Waals surface area contributed by atoms with E-state index in [-0.39, 0.29) is 25.0 Å². The minimum Gasteiger partial charge on any atom is -0.370 e. The first-order valence-corrected chi connectivity index (χ1v) is 6.82. The predicted octanol–water partition coefficient (Wildman–Crippen LogP) is -0.465. The summed E-state index contributed by atoms with van der Waals surface area (Å²) < 4.78 is 5.09. The van der Waals surface area contributed by atoms with Crippen molar-refractivity contribution in [3.05, 3.63) is 24.3 Å². The lowest BCUT2D eigenvalue weighted by atomic mass is 10.2. The molecule has 114 valence electrons. The Balaban J connectivity index is 2.01. The molecular weight excluding hydrogens is 272 g/mol. The Hall–Kier alpha value is -1.96. The maximum atomic E-state index is 11.9. The fraction of sp³-hybridized carbons (Fsp3) is 0.429. The van der Waals surface area contributed by atoms with Gasteiger partial charge in [0.25, 0.3) is 5.91 Å². The molecule has 0 aliphatic carbocycles. The molecular formula is C14H20N4O3. The molecule has 0 radical (unpaired) electrons. The minimum absolute atomic E-state index is 0.0589. The van der Waals surface area contributed by atoms with Crippen molar-refractivity contribution in [1.29, 1.82) is 0 Å². The molecule has 2 amide bonds. The molecule has 1 fully saturated rings. The Labute approximate surface area is 123 Å². The Morgan fingerprint density at radius 2 is 2.14 bits per heavy atom. The van der Waals surface area contributed by atoms with Crippen LogP contribution in [0.15, 0.2) is 24.3 Å². The Morgan fingerprint density at radius 3 is 2.71 bits per heavy atom. The van der Waals surface area contributed by atoms with Crippen LogP contribution in [0.2, 0.25) is 0 Å². The SMILES string of the molecule is CN[C@@H](CN)C(=O)Nc1ccc(N2CCOCC2=O)cc1. The maximum Gasteiger partial charge on any atom is 0.253 e. The van der Waals surface area contributed by atoms with E-state index in [4.69, 9.17) is 10.5 Å². The summed E-state index contributed by atoms with van der Waals surface area (Å²) in [5.41, 5.74) is 6.96. The highest BCUT2D eigenvalue weighted by Crippen LogP contribution is 2.19. The molecule has 21 heavy (non-hydrogen) atoms. The first kappa shape index (κ1) is 15.4. The molecule has 4 N–H and O–H groups in total. The van der Waals surface area contributed by atoms with E-state index in [1.54, 1.807) is 36.2 Å². The van der Waals surface area contributed by atoms with Crippen LogP contribution in [-0.4, -0.2) is 51.2 Å². The summed E-state index contributed by atoms with van der Waals surface area (Å²) in [6.45, 7) is 1.41. The third-order valence-electron chi connectivity index (χ3n) is 3.33. The van der Waals surface area contributed by atoms with Crippen molar-refractivity contribution in [2.75, 3.05) is 43.6 Å². The highest BCUT2D eigenvalue weighted by molar-refractivity contribution is 5.97. The molecule has 1 aromatic rings. The van der Waals surface area contributed by atoms with Crippen molar-refractivity contribution in [2.45, 2.75) is 6.04 Å². The largest absolute Gasteiger partial charge is 0.370 e. The van der Waals surface area contributed by atoms with Crippen LogP contribution in [0.25, 0.3) is 0 Å². The van der Waals surface area contributed by atoms with Gasteiger partial charge in [-0.25, -0.2) is 0 Å². The van der Waals surface area contributed by atoms with Gasteiger partial charge in [0, 0.05) is 24.5 Å². The van der Waals surface area contributed by atoms with Gasteiger partial charge < -0.3 is 26.0 Å². The second-order valence-corrected chi connectivity index (χ2v) is 4.71. The number of morpholine rings is 1. The summed E-state index contributed by atoms with van der Waals surface area (Å²) in [7, 11) is 1.68.